The molecule has 0 fully saturated rings. The van der Waals surface area contributed by atoms with Crippen LogP contribution in [0.2, 0.25) is 0 Å². The number of oxazole rings is 1. The van der Waals surface area contributed by atoms with E-state index in [4.69, 9.17) is 9.40 Å². The molecule has 4 rings (SSSR count). The highest BCUT2D eigenvalue weighted by molar-refractivity contribution is 5.84. The van der Waals surface area contributed by atoms with E-state index >= 15 is 0 Å². The highest BCUT2D eigenvalue weighted by Gasteiger charge is 2.11. The van der Waals surface area contributed by atoms with E-state index in [9.17, 15) is 0 Å². The fraction of sp³-hybridized carbons (Fsp3) is 0. The van der Waals surface area contributed by atoms with Gasteiger partial charge in [0, 0.05) is 16.5 Å². The van der Waals surface area contributed by atoms with Gasteiger partial charge in [0.1, 0.15) is 6.26 Å². The Labute approximate surface area is 121 Å². The monoisotopic (exact) mass is 272 g/mol. The highest BCUT2D eigenvalue weighted by atomic mass is 16.3. The van der Waals surface area contributed by atoms with Crippen molar-refractivity contribution >= 4 is 10.9 Å². The third-order valence-corrected chi connectivity index (χ3v) is 3.46. The quantitative estimate of drug-likeness (QED) is 0.537. The molecule has 3 heteroatoms. The van der Waals surface area contributed by atoms with Crippen LogP contribution in [0.15, 0.2) is 77.5 Å². The predicted molar refractivity (Wildman–Crippen MR) is 82.7 cm³/mol. The fourth-order valence-electron chi connectivity index (χ4n) is 2.47. The number of fused-ring (bicyclic) bond motifs is 1. The van der Waals surface area contributed by atoms with Crippen molar-refractivity contribution in [3.8, 4) is 22.7 Å². The van der Waals surface area contributed by atoms with Crippen molar-refractivity contribution in [1.82, 2.24) is 9.97 Å². The van der Waals surface area contributed by atoms with Crippen molar-refractivity contribution < 1.29 is 4.42 Å². The summed E-state index contributed by atoms with van der Waals surface area (Å²) in [7, 11) is 0. The summed E-state index contributed by atoms with van der Waals surface area (Å²) in [4.78, 5) is 8.99. The number of pyridine rings is 1. The molecule has 0 spiro atoms. The average molecular weight is 272 g/mol. The van der Waals surface area contributed by atoms with E-state index in [2.05, 4.69) is 17.1 Å². The number of nitrogens with zero attached hydrogens (tertiary/aromatic N) is 2. The zero-order valence-electron chi connectivity index (χ0n) is 11.2. The first-order valence-corrected chi connectivity index (χ1v) is 6.77. The Morgan fingerprint density at radius 1 is 0.762 bits per heavy atom. The normalized spacial score (nSPS) is 10.9. The number of hydrogen-bond donors (Lipinski definition) is 0. The van der Waals surface area contributed by atoms with Gasteiger partial charge < -0.3 is 4.42 Å². The van der Waals surface area contributed by atoms with Crippen LogP contribution in [0.25, 0.3) is 33.6 Å². The number of hydrogen-bond acceptors (Lipinski definition) is 3. The topological polar surface area (TPSA) is 38.9 Å². The maximum absolute atomic E-state index is 5.43. The van der Waals surface area contributed by atoms with Crippen molar-refractivity contribution in [2.75, 3.05) is 0 Å². The van der Waals surface area contributed by atoms with E-state index in [1.54, 1.807) is 12.5 Å². The molecule has 0 atom stereocenters. The molecular formula is C18H12N2O. The lowest BCUT2D eigenvalue weighted by Crippen LogP contribution is -1.89. The summed E-state index contributed by atoms with van der Waals surface area (Å²) in [5, 5.41) is 1.13. The Bertz CT molecular complexity index is 898. The van der Waals surface area contributed by atoms with Crippen molar-refractivity contribution in [3.63, 3.8) is 0 Å². The zero-order chi connectivity index (χ0) is 14.1. The summed E-state index contributed by atoms with van der Waals surface area (Å²) in [6.45, 7) is 0. The van der Waals surface area contributed by atoms with Crippen LogP contribution in [-0.2, 0) is 0 Å². The maximum Gasteiger partial charge on any atom is 0.226 e. The molecule has 0 amide bonds. The Hall–Kier alpha value is -2.94. The molecule has 0 bridgehead atoms. The molecule has 2 aromatic carbocycles. The molecule has 4 aromatic rings. The maximum atomic E-state index is 5.43. The molecule has 2 heterocycles. The van der Waals surface area contributed by atoms with Crippen LogP contribution in [0.1, 0.15) is 0 Å². The van der Waals surface area contributed by atoms with Crippen molar-refractivity contribution in [2.45, 2.75) is 0 Å². The number of aromatic nitrogens is 2. The van der Waals surface area contributed by atoms with E-state index in [0.717, 1.165) is 27.7 Å². The molecule has 21 heavy (non-hydrogen) atoms. The summed E-state index contributed by atoms with van der Waals surface area (Å²) in [6, 6.07) is 20.2. The first-order valence-electron chi connectivity index (χ1n) is 6.77. The van der Waals surface area contributed by atoms with Crippen LogP contribution in [0.4, 0.5) is 0 Å². The third-order valence-electron chi connectivity index (χ3n) is 3.46. The minimum atomic E-state index is 0.612. The first kappa shape index (κ1) is 11.9. The molecule has 3 nitrogen and oxygen atoms in total. The molecule has 100 valence electrons. The van der Waals surface area contributed by atoms with Gasteiger partial charge in [-0.15, -0.1) is 0 Å². The number of para-hydroxylation sites is 1. The first-order chi connectivity index (χ1) is 10.4. The van der Waals surface area contributed by atoms with Gasteiger partial charge in [-0.1, -0.05) is 42.5 Å². The minimum absolute atomic E-state index is 0.612. The van der Waals surface area contributed by atoms with Gasteiger partial charge >= 0.3 is 0 Å². The van der Waals surface area contributed by atoms with Crippen molar-refractivity contribution in [3.05, 3.63) is 73.1 Å². The molecule has 0 saturated carbocycles. The Balaban J connectivity index is 1.93. The summed E-state index contributed by atoms with van der Waals surface area (Å²) >= 11 is 0. The molecule has 0 N–H and O–H groups in total. The van der Waals surface area contributed by atoms with Crippen molar-refractivity contribution in [1.29, 1.82) is 0 Å². The molecule has 0 aliphatic rings. The van der Waals surface area contributed by atoms with Gasteiger partial charge in [0.2, 0.25) is 5.89 Å². The second-order valence-corrected chi connectivity index (χ2v) is 4.77. The molecular weight excluding hydrogens is 260 g/mol. The zero-order valence-corrected chi connectivity index (χ0v) is 11.2. The van der Waals surface area contributed by atoms with Gasteiger partial charge in [-0.3, -0.25) is 0 Å². The van der Waals surface area contributed by atoms with E-state index in [1.165, 1.54) is 0 Å². The van der Waals surface area contributed by atoms with Crippen LogP contribution >= 0.6 is 0 Å². The lowest BCUT2D eigenvalue weighted by Gasteiger charge is -2.07. The van der Waals surface area contributed by atoms with Crippen LogP contribution in [-0.4, -0.2) is 9.97 Å². The molecule has 0 saturated heterocycles. The molecule has 0 radical (unpaired) electrons. The SMILES string of the molecule is c1ccc(-c2ncco2)c(-c2ccc3ccccc3n2)c1. The van der Waals surface area contributed by atoms with Gasteiger partial charge in [0.05, 0.1) is 17.4 Å². The van der Waals surface area contributed by atoms with Crippen LogP contribution < -0.4 is 0 Å². The standard InChI is InChI=1S/C18H12N2O/c1-4-8-16-13(5-1)9-10-17(20-16)14-6-2-3-7-15(14)18-19-11-12-21-18/h1-12H. The second-order valence-electron chi connectivity index (χ2n) is 4.77. The summed E-state index contributed by atoms with van der Waals surface area (Å²) in [5.41, 5.74) is 3.87. The molecule has 0 aliphatic carbocycles. The van der Waals surface area contributed by atoms with Gasteiger partial charge in [-0.05, 0) is 18.2 Å². The molecule has 0 unspecified atom stereocenters. The fourth-order valence-corrected chi connectivity index (χ4v) is 2.47. The van der Waals surface area contributed by atoms with E-state index in [1.807, 2.05) is 48.5 Å². The molecule has 2 aromatic heterocycles. The Morgan fingerprint density at radius 3 is 2.43 bits per heavy atom. The van der Waals surface area contributed by atoms with Gasteiger partial charge in [-0.25, -0.2) is 9.97 Å². The summed E-state index contributed by atoms with van der Waals surface area (Å²) < 4.78 is 5.43. The van der Waals surface area contributed by atoms with Gasteiger partial charge in [-0.2, -0.15) is 0 Å². The smallest absolute Gasteiger partial charge is 0.226 e. The van der Waals surface area contributed by atoms with Crippen LogP contribution in [0, 0.1) is 0 Å². The third kappa shape index (κ3) is 2.09. The lowest BCUT2D eigenvalue weighted by molar-refractivity contribution is 0.575. The number of rotatable bonds is 2. The van der Waals surface area contributed by atoms with E-state index < -0.39 is 0 Å². The Morgan fingerprint density at radius 2 is 1.57 bits per heavy atom. The highest BCUT2D eigenvalue weighted by Crippen LogP contribution is 2.30. The van der Waals surface area contributed by atoms with E-state index in [-0.39, 0.29) is 0 Å². The van der Waals surface area contributed by atoms with Crippen LogP contribution in [0.3, 0.4) is 0 Å². The summed E-state index contributed by atoms with van der Waals surface area (Å²) in [5.74, 6) is 0.612. The minimum Gasteiger partial charge on any atom is -0.445 e. The van der Waals surface area contributed by atoms with Gasteiger partial charge in [0.25, 0.3) is 0 Å². The van der Waals surface area contributed by atoms with Crippen molar-refractivity contribution in [2.24, 2.45) is 0 Å². The number of benzene rings is 2. The average Bonchev–Trinajstić information content (AvgIpc) is 3.09. The van der Waals surface area contributed by atoms with Crippen LogP contribution in [0.5, 0.6) is 0 Å². The summed E-state index contributed by atoms with van der Waals surface area (Å²) in [6.07, 6.45) is 3.24. The lowest BCUT2D eigenvalue weighted by atomic mass is 10.0. The Kier molecular flexibility index (Phi) is 2.75. The predicted octanol–water partition coefficient (Wildman–Crippen LogP) is 4.56. The van der Waals surface area contributed by atoms with Gasteiger partial charge in [0.15, 0.2) is 0 Å². The second kappa shape index (κ2) is 4.87. The molecule has 0 aliphatic heterocycles. The van der Waals surface area contributed by atoms with E-state index in [0.29, 0.717) is 5.89 Å². The largest absolute Gasteiger partial charge is 0.445 e.